The summed E-state index contributed by atoms with van der Waals surface area (Å²) in [7, 11) is -1.64. The Bertz CT molecular complexity index is 751. The van der Waals surface area contributed by atoms with Gasteiger partial charge in [0, 0.05) is 11.8 Å². The summed E-state index contributed by atoms with van der Waals surface area (Å²) in [6, 6.07) is 0.866. The highest BCUT2D eigenvalue weighted by molar-refractivity contribution is 7.72. The van der Waals surface area contributed by atoms with E-state index in [9.17, 15) is 10.2 Å². The van der Waals surface area contributed by atoms with Gasteiger partial charge in [0.15, 0.2) is 6.23 Å². The number of aliphatic hydroxyl groups excluding tert-OH is 2. The molecule has 0 aromatic heterocycles. The van der Waals surface area contributed by atoms with Crippen LogP contribution in [-0.4, -0.2) is 79.4 Å². The molecule has 2 rings (SSSR count). The van der Waals surface area contributed by atoms with Crippen molar-refractivity contribution in [2.24, 2.45) is 10.7 Å². The molecule has 0 aromatic carbocycles. The van der Waals surface area contributed by atoms with Crippen LogP contribution in [0, 0.1) is 0 Å². The topological polar surface area (TPSA) is 91.3 Å². The quantitative estimate of drug-likeness (QED) is 0.435. The molecule has 0 saturated carbocycles. The normalized spacial score (nSPS) is 29.1. The molecule has 2 aliphatic heterocycles. The van der Waals surface area contributed by atoms with Crippen molar-refractivity contribution in [2.45, 2.75) is 75.9 Å². The fraction of sp³-hybridized carbons (Fsp3) is 0.714. The SMILES string of the molecule is C=C1N=C(N)C(C[Si](C)(C)C(C)(C)C)=CN1[C@@H]1O[C@H](CCP(=C)(C)C)[C@@H](O)[C@H]1O. The number of aliphatic hydroxyl groups is 2. The Morgan fingerprint density at radius 1 is 1.28 bits per heavy atom. The number of aliphatic imine (C=N–C) groups is 1. The minimum Gasteiger partial charge on any atom is -0.388 e. The van der Waals surface area contributed by atoms with Gasteiger partial charge in [-0.1, -0.05) is 40.4 Å². The standard InChI is InChI=1S/C21H40N3O3PSi/c1-14-23-19(22)15(13-29(8,9)21(2,3)4)12-24(14)20-18(26)17(25)16(27-20)10-11-28(5,6)7/h12,16-18,20,25-26H,1,5,10-11,13H2,2-4,6-9H3,(H2,22,23)/t16-,17-,18-,20-/m1/s1. The summed E-state index contributed by atoms with van der Waals surface area (Å²) in [6.07, 6.45) is 4.56. The van der Waals surface area contributed by atoms with E-state index >= 15 is 0 Å². The summed E-state index contributed by atoms with van der Waals surface area (Å²) in [5.74, 6) is 0.896. The largest absolute Gasteiger partial charge is 0.388 e. The lowest BCUT2D eigenvalue weighted by molar-refractivity contribution is -0.0580. The van der Waals surface area contributed by atoms with Crippen LogP contribution in [-0.2, 0) is 4.74 Å². The lowest BCUT2D eigenvalue weighted by atomic mass is 10.1. The molecule has 166 valence electrons. The number of rotatable bonds is 6. The van der Waals surface area contributed by atoms with E-state index in [1.165, 1.54) is 0 Å². The Labute approximate surface area is 177 Å². The van der Waals surface area contributed by atoms with Gasteiger partial charge in [-0.2, -0.15) is 0 Å². The summed E-state index contributed by atoms with van der Waals surface area (Å²) in [5, 5.41) is 21.4. The Balaban J connectivity index is 2.23. The Morgan fingerprint density at radius 2 is 1.86 bits per heavy atom. The van der Waals surface area contributed by atoms with E-state index in [1.807, 2.05) is 6.20 Å². The van der Waals surface area contributed by atoms with Crippen LogP contribution in [0.4, 0.5) is 0 Å². The van der Waals surface area contributed by atoms with Gasteiger partial charge < -0.3 is 25.6 Å². The maximum atomic E-state index is 10.7. The summed E-state index contributed by atoms with van der Waals surface area (Å²) >= 11 is 0. The van der Waals surface area contributed by atoms with Crippen molar-refractivity contribution >= 4 is 27.1 Å². The summed E-state index contributed by atoms with van der Waals surface area (Å²) in [5.41, 5.74) is 7.17. The van der Waals surface area contributed by atoms with Gasteiger partial charge in [0.05, 0.1) is 14.2 Å². The van der Waals surface area contributed by atoms with Crippen molar-refractivity contribution in [3.63, 3.8) is 0 Å². The maximum absolute atomic E-state index is 10.7. The first-order chi connectivity index (χ1) is 13.0. The summed E-state index contributed by atoms with van der Waals surface area (Å²) in [4.78, 5) is 6.16. The third-order valence-corrected chi connectivity index (χ3v) is 13.3. The molecule has 1 fully saturated rings. The zero-order valence-corrected chi connectivity index (χ0v) is 21.0. The average Bonchev–Trinajstić information content (AvgIpc) is 2.82. The number of ether oxygens (including phenoxy) is 1. The Kier molecular flexibility index (Phi) is 7.03. The first kappa shape index (κ1) is 24.4. The molecule has 0 radical (unpaired) electrons. The third kappa shape index (κ3) is 5.64. The highest BCUT2D eigenvalue weighted by Crippen LogP contribution is 2.42. The van der Waals surface area contributed by atoms with Gasteiger partial charge >= 0.3 is 0 Å². The van der Waals surface area contributed by atoms with E-state index in [-0.39, 0.29) is 5.04 Å². The second kappa shape index (κ2) is 8.35. The van der Waals surface area contributed by atoms with E-state index in [1.54, 1.807) is 4.90 Å². The van der Waals surface area contributed by atoms with Gasteiger partial charge in [-0.15, -0.1) is 13.2 Å². The fourth-order valence-corrected chi connectivity index (χ4v) is 6.06. The van der Waals surface area contributed by atoms with Gasteiger partial charge in [-0.25, -0.2) is 4.99 Å². The lowest BCUT2D eigenvalue weighted by Crippen LogP contribution is -2.44. The molecule has 2 heterocycles. The molecular formula is C21H40N3O3PSi. The highest BCUT2D eigenvalue weighted by Gasteiger charge is 2.46. The van der Waals surface area contributed by atoms with Crippen LogP contribution in [0.3, 0.4) is 0 Å². The van der Waals surface area contributed by atoms with Crippen LogP contribution in [0.15, 0.2) is 29.2 Å². The first-order valence-corrected chi connectivity index (χ1v) is 16.5. The molecule has 0 aromatic rings. The molecule has 0 bridgehead atoms. The Hall–Kier alpha value is -0.853. The van der Waals surface area contributed by atoms with Crippen LogP contribution in [0.5, 0.6) is 0 Å². The molecule has 4 atom stereocenters. The van der Waals surface area contributed by atoms with Crippen LogP contribution in [0.2, 0.25) is 24.2 Å². The van der Waals surface area contributed by atoms with Gasteiger partial charge in [0.1, 0.15) is 23.9 Å². The summed E-state index contributed by atoms with van der Waals surface area (Å²) in [6.45, 7) is 18.6. The molecule has 0 amide bonds. The predicted molar refractivity (Wildman–Crippen MR) is 129 cm³/mol. The van der Waals surface area contributed by atoms with Gasteiger partial charge in [-0.05, 0) is 37.0 Å². The third-order valence-electron chi connectivity index (χ3n) is 6.46. The molecule has 0 aliphatic carbocycles. The maximum Gasteiger partial charge on any atom is 0.164 e. The number of nitrogens with two attached hydrogens (primary N) is 1. The molecule has 0 spiro atoms. The monoisotopic (exact) mass is 441 g/mol. The van der Waals surface area contributed by atoms with Crippen molar-refractivity contribution < 1.29 is 14.9 Å². The van der Waals surface area contributed by atoms with Crippen LogP contribution in [0.1, 0.15) is 27.2 Å². The van der Waals surface area contributed by atoms with Crippen molar-refractivity contribution in [3.8, 4) is 0 Å². The fourth-order valence-electron chi connectivity index (χ4n) is 3.35. The second-order valence-corrected chi connectivity index (χ2v) is 20.7. The molecule has 8 heteroatoms. The van der Waals surface area contributed by atoms with Crippen molar-refractivity contribution in [1.82, 2.24) is 4.90 Å². The van der Waals surface area contributed by atoms with E-state index in [4.69, 9.17) is 10.5 Å². The number of hydrogen-bond donors (Lipinski definition) is 3. The van der Waals surface area contributed by atoms with Crippen molar-refractivity contribution in [2.75, 3.05) is 19.5 Å². The van der Waals surface area contributed by atoms with E-state index in [2.05, 4.69) is 65.1 Å². The molecule has 29 heavy (non-hydrogen) atoms. The van der Waals surface area contributed by atoms with E-state index in [0.29, 0.717) is 18.1 Å². The molecule has 0 unspecified atom stereocenters. The molecule has 1 saturated heterocycles. The zero-order valence-electron chi connectivity index (χ0n) is 19.1. The van der Waals surface area contributed by atoms with Crippen molar-refractivity contribution in [1.29, 1.82) is 0 Å². The Morgan fingerprint density at radius 3 is 2.38 bits per heavy atom. The smallest absolute Gasteiger partial charge is 0.164 e. The number of hydrogen-bond acceptors (Lipinski definition) is 6. The highest BCUT2D eigenvalue weighted by atomic mass is 31.2. The van der Waals surface area contributed by atoms with Crippen LogP contribution in [0.25, 0.3) is 0 Å². The number of amidine groups is 1. The molecule has 4 N–H and O–H groups in total. The summed E-state index contributed by atoms with van der Waals surface area (Å²) < 4.78 is 6.08. The minimum absolute atomic E-state index is 0.210. The minimum atomic E-state index is -1.64. The van der Waals surface area contributed by atoms with Crippen LogP contribution < -0.4 is 5.73 Å². The van der Waals surface area contributed by atoms with E-state index in [0.717, 1.165) is 17.8 Å². The first-order valence-electron chi connectivity index (χ1n) is 10.2. The van der Waals surface area contributed by atoms with Crippen molar-refractivity contribution in [3.05, 3.63) is 24.2 Å². The molecule has 6 nitrogen and oxygen atoms in total. The second-order valence-electron chi connectivity index (χ2n) is 10.8. The average molecular weight is 442 g/mol. The van der Waals surface area contributed by atoms with E-state index < -0.39 is 39.5 Å². The van der Waals surface area contributed by atoms with Gasteiger partial charge in [0.2, 0.25) is 0 Å². The molecule has 2 aliphatic rings. The predicted octanol–water partition coefficient (Wildman–Crippen LogP) is 3.07. The molecular weight excluding hydrogens is 401 g/mol. The zero-order chi connectivity index (χ0) is 22.4. The van der Waals surface area contributed by atoms with Crippen LogP contribution >= 0.6 is 6.89 Å². The van der Waals surface area contributed by atoms with Gasteiger partial charge in [0.25, 0.3) is 0 Å². The van der Waals surface area contributed by atoms with Gasteiger partial charge in [-0.3, -0.25) is 0 Å². The lowest BCUT2D eigenvalue weighted by Gasteiger charge is -2.39. The number of nitrogens with zero attached hydrogens (tertiary/aromatic N) is 2.